The summed E-state index contributed by atoms with van der Waals surface area (Å²) in [6.45, 7) is 1.83. The number of carbonyl (C=O) groups excluding carboxylic acids is 1. The van der Waals surface area contributed by atoms with E-state index in [4.69, 9.17) is 0 Å². The first-order chi connectivity index (χ1) is 14.7. The van der Waals surface area contributed by atoms with E-state index in [1.165, 1.54) is 24.3 Å². The van der Waals surface area contributed by atoms with Crippen molar-refractivity contribution >= 4 is 21.6 Å². The normalized spacial score (nSPS) is 20.1. The average molecular weight is 450 g/mol. The van der Waals surface area contributed by atoms with Crippen LogP contribution in [0.4, 0.5) is 10.1 Å². The minimum absolute atomic E-state index is 0.0360. The number of halogens is 1. The Morgan fingerprint density at radius 1 is 1.06 bits per heavy atom. The summed E-state index contributed by atoms with van der Waals surface area (Å²) >= 11 is 0. The lowest BCUT2D eigenvalue weighted by atomic mass is 9.85. The average Bonchev–Trinajstić information content (AvgIpc) is 2.74. The van der Waals surface area contributed by atoms with E-state index in [-0.39, 0.29) is 40.3 Å². The largest absolute Gasteiger partial charge is 0.349 e. The monoisotopic (exact) mass is 449 g/mol. The molecule has 1 amide bonds. The lowest BCUT2D eigenvalue weighted by molar-refractivity contribution is -0.384. The number of carbonyl (C=O) groups is 1. The third-order valence-electron chi connectivity index (χ3n) is 5.51. The fourth-order valence-electron chi connectivity index (χ4n) is 3.67. The lowest BCUT2D eigenvalue weighted by Gasteiger charge is -2.29. The molecule has 2 aromatic rings. The summed E-state index contributed by atoms with van der Waals surface area (Å²) < 4.78 is 40.8. The number of benzene rings is 2. The molecule has 1 aliphatic carbocycles. The Labute approximate surface area is 180 Å². The number of sulfonamides is 1. The first kappa shape index (κ1) is 22.8. The molecule has 0 saturated heterocycles. The zero-order chi connectivity index (χ0) is 22.6. The Hall–Kier alpha value is -2.85. The molecule has 0 radical (unpaired) electrons. The van der Waals surface area contributed by atoms with Crippen molar-refractivity contribution in [3.05, 3.63) is 70.0 Å². The van der Waals surface area contributed by atoms with E-state index in [2.05, 4.69) is 10.0 Å². The third kappa shape index (κ3) is 5.86. The maximum Gasteiger partial charge on any atom is 0.269 e. The minimum atomic E-state index is -3.80. The van der Waals surface area contributed by atoms with Crippen LogP contribution in [-0.4, -0.2) is 25.3 Å². The smallest absolute Gasteiger partial charge is 0.269 e. The number of nitro groups is 1. The highest BCUT2D eigenvalue weighted by molar-refractivity contribution is 7.89. The van der Waals surface area contributed by atoms with Gasteiger partial charge in [0, 0.05) is 24.1 Å². The van der Waals surface area contributed by atoms with Gasteiger partial charge in [-0.1, -0.05) is 12.1 Å². The Balaban J connectivity index is 1.52. The Morgan fingerprint density at radius 3 is 2.19 bits per heavy atom. The van der Waals surface area contributed by atoms with Crippen molar-refractivity contribution in [3.8, 4) is 0 Å². The summed E-state index contributed by atoms with van der Waals surface area (Å²) in [6, 6.07) is 10.1. The van der Waals surface area contributed by atoms with E-state index in [1.54, 1.807) is 12.1 Å². The van der Waals surface area contributed by atoms with Crippen molar-refractivity contribution in [3.63, 3.8) is 0 Å². The number of nitro benzene ring substituents is 1. The molecule has 166 valence electrons. The number of nitrogens with zero attached hydrogens (tertiary/aromatic N) is 1. The van der Waals surface area contributed by atoms with Crippen LogP contribution < -0.4 is 10.0 Å². The Bertz CT molecular complexity index is 1030. The Morgan fingerprint density at radius 2 is 1.65 bits per heavy atom. The second-order valence-corrected chi connectivity index (χ2v) is 9.42. The zero-order valence-corrected chi connectivity index (χ0v) is 17.8. The van der Waals surface area contributed by atoms with Gasteiger partial charge in [-0.3, -0.25) is 14.9 Å². The summed E-state index contributed by atoms with van der Waals surface area (Å²) in [6.07, 6.45) is 2.09. The molecule has 31 heavy (non-hydrogen) atoms. The van der Waals surface area contributed by atoms with E-state index in [0.29, 0.717) is 25.7 Å². The topological polar surface area (TPSA) is 118 Å². The van der Waals surface area contributed by atoms with Crippen molar-refractivity contribution in [2.75, 3.05) is 0 Å². The predicted octanol–water partition coefficient (Wildman–Crippen LogP) is 3.45. The van der Waals surface area contributed by atoms with Gasteiger partial charge in [-0.25, -0.2) is 17.5 Å². The van der Waals surface area contributed by atoms with Crippen molar-refractivity contribution in [1.82, 2.24) is 10.0 Å². The quantitative estimate of drug-likeness (QED) is 0.496. The van der Waals surface area contributed by atoms with Crippen LogP contribution in [-0.2, 0) is 14.8 Å². The molecule has 1 atom stereocenters. The number of nitrogens with one attached hydrogen (secondary N) is 2. The minimum Gasteiger partial charge on any atom is -0.349 e. The molecule has 0 aromatic heterocycles. The Kier molecular flexibility index (Phi) is 7.01. The molecular weight excluding hydrogens is 425 g/mol. The molecule has 0 bridgehead atoms. The van der Waals surface area contributed by atoms with Crippen LogP contribution >= 0.6 is 0 Å². The van der Waals surface area contributed by atoms with Crippen molar-refractivity contribution < 1.29 is 22.5 Å². The molecule has 8 nitrogen and oxygen atoms in total. The second kappa shape index (κ2) is 9.52. The van der Waals surface area contributed by atoms with E-state index >= 15 is 0 Å². The van der Waals surface area contributed by atoms with Gasteiger partial charge in [-0.2, -0.15) is 0 Å². The second-order valence-electron chi connectivity index (χ2n) is 7.70. The van der Waals surface area contributed by atoms with Crippen LogP contribution in [0.25, 0.3) is 0 Å². The van der Waals surface area contributed by atoms with Crippen LogP contribution in [0.5, 0.6) is 0 Å². The van der Waals surface area contributed by atoms with Crippen LogP contribution in [0, 0.1) is 21.8 Å². The highest BCUT2D eigenvalue weighted by Crippen LogP contribution is 2.27. The number of amides is 1. The molecule has 1 saturated carbocycles. The molecule has 0 unspecified atom stereocenters. The van der Waals surface area contributed by atoms with E-state index in [1.807, 2.05) is 6.92 Å². The van der Waals surface area contributed by atoms with Gasteiger partial charge in [0.05, 0.1) is 15.9 Å². The standard InChI is InChI=1S/C21H24FN3O5S/c1-14(15-2-6-17(22)7-3-15)23-21(26)16-4-8-18(9-5-16)24-31(29,30)20-12-10-19(11-13-20)25(27)28/h2-3,6-7,10-14,16,18,24H,4-5,8-9H2,1H3,(H,23,26)/t14-,16?,18?/m1/s1. The fraction of sp³-hybridized carbons (Fsp3) is 0.381. The van der Waals surface area contributed by atoms with Crippen molar-refractivity contribution in [2.24, 2.45) is 5.92 Å². The summed E-state index contributed by atoms with van der Waals surface area (Å²) in [7, 11) is -3.80. The summed E-state index contributed by atoms with van der Waals surface area (Å²) in [4.78, 5) is 22.7. The number of rotatable bonds is 7. The van der Waals surface area contributed by atoms with Gasteiger partial charge in [0.2, 0.25) is 15.9 Å². The van der Waals surface area contributed by atoms with Gasteiger partial charge in [0.25, 0.3) is 5.69 Å². The van der Waals surface area contributed by atoms with Crippen LogP contribution in [0.3, 0.4) is 0 Å². The highest BCUT2D eigenvalue weighted by Gasteiger charge is 2.30. The van der Waals surface area contributed by atoms with Crippen molar-refractivity contribution in [2.45, 2.75) is 49.6 Å². The first-order valence-corrected chi connectivity index (χ1v) is 11.5. The van der Waals surface area contributed by atoms with E-state index in [0.717, 1.165) is 17.7 Å². The molecule has 10 heteroatoms. The van der Waals surface area contributed by atoms with Gasteiger partial charge >= 0.3 is 0 Å². The molecule has 1 fully saturated rings. The van der Waals surface area contributed by atoms with Gasteiger partial charge in [0.1, 0.15) is 5.82 Å². The fourth-order valence-corrected chi connectivity index (χ4v) is 4.98. The maximum absolute atomic E-state index is 13.1. The molecule has 0 spiro atoms. The predicted molar refractivity (Wildman–Crippen MR) is 112 cm³/mol. The zero-order valence-electron chi connectivity index (χ0n) is 17.0. The third-order valence-corrected chi connectivity index (χ3v) is 7.04. The van der Waals surface area contributed by atoms with Crippen LogP contribution in [0.15, 0.2) is 53.4 Å². The maximum atomic E-state index is 13.1. The SMILES string of the molecule is C[C@@H](NC(=O)C1CCC(NS(=O)(=O)c2ccc([N+](=O)[O-])cc2)CC1)c1ccc(F)cc1. The molecule has 2 N–H and O–H groups in total. The number of hydrogen-bond acceptors (Lipinski definition) is 5. The summed E-state index contributed by atoms with van der Waals surface area (Å²) in [5.41, 5.74) is 0.625. The molecule has 2 aromatic carbocycles. The molecule has 0 aliphatic heterocycles. The number of non-ortho nitro benzene ring substituents is 1. The molecule has 3 rings (SSSR count). The van der Waals surface area contributed by atoms with Crippen LogP contribution in [0.1, 0.15) is 44.2 Å². The summed E-state index contributed by atoms with van der Waals surface area (Å²) in [5.74, 6) is -0.659. The van der Waals surface area contributed by atoms with Crippen molar-refractivity contribution in [1.29, 1.82) is 0 Å². The first-order valence-electron chi connectivity index (χ1n) is 9.98. The summed E-state index contributed by atoms with van der Waals surface area (Å²) in [5, 5.41) is 13.7. The molecule has 1 aliphatic rings. The van der Waals surface area contributed by atoms with Gasteiger partial charge < -0.3 is 5.32 Å². The van der Waals surface area contributed by atoms with E-state index in [9.17, 15) is 27.7 Å². The van der Waals surface area contributed by atoms with Gasteiger partial charge in [0.15, 0.2) is 0 Å². The molecular formula is C21H24FN3O5S. The van der Waals surface area contributed by atoms with Crippen LogP contribution in [0.2, 0.25) is 0 Å². The van der Waals surface area contributed by atoms with E-state index < -0.39 is 14.9 Å². The van der Waals surface area contributed by atoms with Gasteiger partial charge in [-0.05, 0) is 62.4 Å². The lowest BCUT2D eigenvalue weighted by Crippen LogP contribution is -2.41. The van der Waals surface area contributed by atoms with Gasteiger partial charge in [-0.15, -0.1) is 0 Å². The molecule has 0 heterocycles. The number of hydrogen-bond donors (Lipinski definition) is 2. The highest BCUT2D eigenvalue weighted by atomic mass is 32.2.